The van der Waals surface area contributed by atoms with Crippen molar-refractivity contribution < 1.29 is 14.3 Å². The molecular formula is C21H26N2O3S. The summed E-state index contributed by atoms with van der Waals surface area (Å²) < 4.78 is 5.74. The molecule has 1 aliphatic rings. The van der Waals surface area contributed by atoms with Crippen molar-refractivity contribution in [1.29, 1.82) is 0 Å². The Kier molecular flexibility index (Phi) is 6.16. The van der Waals surface area contributed by atoms with E-state index < -0.39 is 0 Å². The second-order valence-corrected chi connectivity index (χ2v) is 7.94. The topological polar surface area (TPSA) is 67.4 Å². The van der Waals surface area contributed by atoms with Gasteiger partial charge in [0, 0.05) is 11.4 Å². The van der Waals surface area contributed by atoms with Crippen molar-refractivity contribution in [1.82, 2.24) is 5.32 Å². The summed E-state index contributed by atoms with van der Waals surface area (Å²) in [6.45, 7) is 6.30. The molecule has 6 heteroatoms. The number of carbonyl (C=O) groups excluding carboxylic acids is 2. The fraction of sp³-hybridized carbons (Fsp3) is 0.429. The summed E-state index contributed by atoms with van der Waals surface area (Å²) in [6, 6.07) is 5.88. The first-order valence-electron chi connectivity index (χ1n) is 9.42. The highest BCUT2D eigenvalue weighted by Gasteiger charge is 2.26. The lowest BCUT2D eigenvalue weighted by Crippen LogP contribution is -2.26. The molecular weight excluding hydrogens is 360 g/mol. The number of amides is 2. The van der Waals surface area contributed by atoms with Gasteiger partial charge >= 0.3 is 0 Å². The van der Waals surface area contributed by atoms with Crippen LogP contribution in [0.25, 0.3) is 0 Å². The SMILES string of the molecule is CCNC(=O)c1c(NC(=O)COc2c(C)cccc2C)sc2c1CCCC2. The minimum atomic E-state index is -0.248. The van der Waals surface area contributed by atoms with Gasteiger partial charge in [0.1, 0.15) is 10.8 Å². The number of para-hydroxylation sites is 1. The normalized spacial score (nSPS) is 13.0. The van der Waals surface area contributed by atoms with Crippen molar-refractivity contribution in [2.24, 2.45) is 0 Å². The number of carbonyl (C=O) groups is 2. The first kappa shape index (κ1) is 19.4. The van der Waals surface area contributed by atoms with Crippen molar-refractivity contribution in [2.45, 2.75) is 46.5 Å². The maximum absolute atomic E-state index is 12.6. The van der Waals surface area contributed by atoms with Crippen molar-refractivity contribution in [2.75, 3.05) is 18.5 Å². The van der Waals surface area contributed by atoms with Crippen LogP contribution < -0.4 is 15.4 Å². The monoisotopic (exact) mass is 386 g/mol. The lowest BCUT2D eigenvalue weighted by molar-refractivity contribution is -0.118. The number of rotatable bonds is 6. The predicted molar refractivity (Wildman–Crippen MR) is 109 cm³/mol. The molecule has 1 aliphatic carbocycles. The minimum Gasteiger partial charge on any atom is -0.483 e. The van der Waals surface area contributed by atoms with Crippen LogP contribution in [0.2, 0.25) is 0 Å². The number of aryl methyl sites for hydroxylation is 3. The summed E-state index contributed by atoms with van der Waals surface area (Å²) in [6.07, 6.45) is 4.08. The van der Waals surface area contributed by atoms with Crippen molar-refractivity contribution in [3.8, 4) is 5.75 Å². The molecule has 144 valence electrons. The highest BCUT2D eigenvalue weighted by atomic mass is 32.1. The molecule has 0 saturated heterocycles. The quantitative estimate of drug-likeness (QED) is 0.788. The molecule has 0 unspecified atom stereocenters. The molecule has 1 aromatic carbocycles. The zero-order valence-electron chi connectivity index (χ0n) is 16.1. The molecule has 3 rings (SSSR count). The van der Waals surface area contributed by atoms with Crippen LogP contribution in [0.4, 0.5) is 5.00 Å². The lowest BCUT2D eigenvalue weighted by Gasteiger charge is -2.13. The maximum Gasteiger partial charge on any atom is 0.262 e. The second-order valence-electron chi connectivity index (χ2n) is 6.83. The van der Waals surface area contributed by atoms with E-state index in [1.165, 1.54) is 16.2 Å². The number of hydrogen-bond acceptors (Lipinski definition) is 4. The summed E-state index contributed by atoms with van der Waals surface area (Å²) in [4.78, 5) is 26.3. The summed E-state index contributed by atoms with van der Waals surface area (Å²) >= 11 is 1.52. The van der Waals surface area contributed by atoms with Gasteiger partial charge in [0.25, 0.3) is 11.8 Å². The van der Waals surface area contributed by atoms with Gasteiger partial charge in [0.15, 0.2) is 6.61 Å². The van der Waals surface area contributed by atoms with Crippen molar-refractivity contribution >= 4 is 28.2 Å². The van der Waals surface area contributed by atoms with Gasteiger partial charge in [-0.1, -0.05) is 18.2 Å². The molecule has 1 aromatic heterocycles. The van der Waals surface area contributed by atoms with E-state index >= 15 is 0 Å². The lowest BCUT2D eigenvalue weighted by atomic mass is 9.95. The first-order chi connectivity index (χ1) is 13.0. The zero-order valence-corrected chi connectivity index (χ0v) is 16.9. The van der Waals surface area contributed by atoms with Crippen LogP contribution in [0.5, 0.6) is 5.75 Å². The Balaban J connectivity index is 1.75. The van der Waals surface area contributed by atoms with E-state index in [-0.39, 0.29) is 18.4 Å². The van der Waals surface area contributed by atoms with Gasteiger partial charge in [0.2, 0.25) is 0 Å². The largest absolute Gasteiger partial charge is 0.483 e. The molecule has 0 saturated carbocycles. The number of fused-ring (bicyclic) bond motifs is 1. The second kappa shape index (κ2) is 8.57. The average molecular weight is 387 g/mol. The summed E-state index contributed by atoms with van der Waals surface area (Å²) in [5, 5.41) is 6.42. The van der Waals surface area contributed by atoms with E-state index in [0.717, 1.165) is 48.1 Å². The van der Waals surface area contributed by atoms with Crippen molar-refractivity contribution in [3.63, 3.8) is 0 Å². The maximum atomic E-state index is 12.6. The number of benzene rings is 1. The Hall–Kier alpha value is -2.34. The highest BCUT2D eigenvalue weighted by molar-refractivity contribution is 7.17. The van der Waals surface area contributed by atoms with Gasteiger partial charge in [-0.3, -0.25) is 9.59 Å². The Bertz CT molecular complexity index is 837. The van der Waals surface area contributed by atoms with Gasteiger partial charge in [-0.25, -0.2) is 0 Å². The molecule has 1 heterocycles. The van der Waals surface area contributed by atoms with Crippen LogP contribution >= 0.6 is 11.3 Å². The van der Waals surface area contributed by atoms with E-state index in [4.69, 9.17) is 4.74 Å². The summed E-state index contributed by atoms with van der Waals surface area (Å²) in [5.74, 6) is 0.381. The molecule has 2 N–H and O–H groups in total. The van der Waals surface area contributed by atoms with Gasteiger partial charge in [-0.15, -0.1) is 11.3 Å². The zero-order chi connectivity index (χ0) is 19.4. The molecule has 0 aliphatic heterocycles. The molecule has 2 aromatic rings. The minimum absolute atomic E-state index is 0.0803. The van der Waals surface area contributed by atoms with Crippen LogP contribution in [0, 0.1) is 13.8 Å². The van der Waals surface area contributed by atoms with E-state index in [2.05, 4.69) is 10.6 Å². The number of anilines is 1. The van der Waals surface area contributed by atoms with E-state index in [9.17, 15) is 9.59 Å². The number of hydrogen-bond donors (Lipinski definition) is 2. The van der Waals surface area contributed by atoms with Crippen LogP contribution in [-0.2, 0) is 17.6 Å². The van der Waals surface area contributed by atoms with Crippen LogP contribution in [0.1, 0.15) is 51.7 Å². The molecule has 0 atom stereocenters. The van der Waals surface area contributed by atoms with Crippen molar-refractivity contribution in [3.05, 3.63) is 45.3 Å². The fourth-order valence-electron chi connectivity index (χ4n) is 3.47. The average Bonchev–Trinajstić information content (AvgIpc) is 2.99. The number of nitrogens with one attached hydrogen (secondary N) is 2. The van der Waals surface area contributed by atoms with E-state index in [0.29, 0.717) is 17.1 Å². The number of ether oxygens (including phenoxy) is 1. The van der Waals surface area contributed by atoms with Gasteiger partial charge < -0.3 is 15.4 Å². The summed E-state index contributed by atoms with van der Waals surface area (Å²) in [7, 11) is 0. The van der Waals surface area contributed by atoms with Gasteiger partial charge in [-0.05, 0) is 63.1 Å². The van der Waals surface area contributed by atoms with Crippen LogP contribution in [0.15, 0.2) is 18.2 Å². The van der Waals surface area contributed by atoms with Crippen LogP contribution in [-0.4, -0.2) is 25.0 Å². The first-order valence-corrected chi connectivity index (χ1v) is 10.2. The third-order valence-corrected chi connectivity index (χ3v) is 5.95. The Morgan fingerprint density at radius 3 is 2.56 bits per heavy atom. The smallest absolute Gasteiger partial charge is 0.262 e. The molecule has 27 heavy (non-hydrogen) atoms. The standard InChI is InChI=1S/C21H26N2O3S/c1-4-22-20(25)18-15-10-5-6-11-16(15)27-21(18)23-17(24)12-26-19-13(2)8-7-9-14(19)3/h7-9H,4-6,10-12H2,1-3H3,(H,22,25)(H,23,24). The Labute approximate surface area is 164 Å². The third-order valence-electron chi connectivity index (χ3n) is 4.75. The van der Waals surface area contributed by atoms with Crippen LogP contribution in [0.3, 0.4) is 0 Å². The predicted octanol–water partition coefficient (Wildman–Crippen LogP) is 4.01. The van der Waals surface area contributed by atoms with Gasteiger partial charge in [-0.2, -0.15) is 0 Å². The van der Waals surface area contributed by atoms with Gasteiger partial charge in [0.05, 0.1) is 5.56 Å². The fourth-order valence-corrected chi connectivity index (χ4v) is 4.77. The van der Waals surface area contributed by atoms with E-state index in [1.54, 1.807) is 0 Å². The highest BCUT2D eigenvalue weighted by Crippen LogP contribution is 2.38. The third kappa shape index (κ3) is 4.33. The Morgan fingerprint density at radius 2 is 1.85 bits per heavy atom. The molecule has 0 fully saturated rings. The number of thiophene rings is 1. The molecule has 0 bridgehead atoms. The molecule has 2 amide bonds. The summed E-state index contributed by atoms with van der Waals surface area (Å²) in [5.41, 5.74) is 3.73. The van der Waals surface area contributed by atoms with E-state index in [1.807, 2.05) is 39.0 Å². The molecule has 5 nitrogen and oxygen atoms in total. The molecule has 0 radical (unpaired) electrons. The molecule has 0 spiro atoms. The Morgan fingerprint density at radius 1 is 1.15 bits per heavy atom.